The van der Waals surface area contributed by atoms with Crippen LogP contribution in [0.4, 0.5) is 0 Å². The SMILES string of the molecule is CCCC/C=C1/C(=O)CC[C@@H]1CC(=O)OC. The average molecular weight is 224 g/mol. The Kier molecular flexibility index (Phi) is 5.23. The predicted molar refractivity (Wildman–Crippen MR) is 62.0 cm³/mol. The largest absolute Gasteiger partial charge is 0.469 e. The lowest BCUT2D eigenvalue weighted by molar-refractivity contribution is -0.141. The monoisotopic (exact) mass is 224 g/mol. The molecule has 0 saturated heterocycles. The highest BCUT2D eigenvalue weighted by atomic mass is 16.5. The molecular weight excluding hydrogens is 204 g/mol. The molecule has 0 radical (unpaired) electrons. The number of carbonyl (C=O) groups is 2. The maximum atomic E-state index is 11.6. The van der Waals surface area contributed by atoms with E-state index in [9.17, 15) is 9.59 Å². The van der Waals surface area contributed by atoms with Crippen molar-refractivity contribution >= 4 is 11.8 Å². The summed E-state index contributed by atoms with van der Waals surface area (Å²) in [6.07, 6.45) is 6.91. The quantitative estimate of drug-likeness (QED) is 0.409. The first kappa shape index (κ1) is 12.9. The molecule has 0 unspecified atom stereocenters. The number of Topliss-reactive ketones (excluding diaryl/α,β-unsaturated/α-hetero) is 1. The van der Waals surface area contributed by atoms with Gasteiger partial charge in [0.25, 0.3) is 0 Å². The molecule has 0 aromatic rings. The van der Waals surface area contributed by atoms with E-state index in [1.54, 1.807) is 0 Å². The molecule has 1 aliphatic rings. The highest BCUT2D eigenvalue weighted by Gasteiger charge is 2.29. The van der Waals surface area contributed by atoms with Crippen molar-refractivity contribution in [3.05, 3.63) is 11.6 Å². The van der Waals surface area contributed by atoms with Gasteiger partial charge in [-0.3, -0.25) is 9.59 Å². The van der Waals surface area contributed by atoms with Gasteiger partial charge in [-0.15, -0.1) is 0 Å². The number of allylic oxidation sites excluding steroid dienone is 2. The Bertz CT molecular complexity index is 292. The Morgan fingerprint density at radius 2 is 2.31 bits per heavy atom. The van der Waals surface area contributed by atoms with Crippen LogP contribution in [0.3, 0.4) is 0 Å². The second kappa shape index (κ2) is 6.46. The summed E-state index contributed by atoms with van der Waals surface area (Å²) in [6, 6.07) is 0. The van der Waals surface area contributed by atoms with Crippen LogP contribution in [0, 0.1) is 5.92 Å². The van der Waals surface area contributed by atoms with E-state index in [1.807, 2.05) is 6.08 Å². The number of esters is 1. The fraction of sp³-hybridized carbons (Fsp3) is 0.692. The highest BCUT2D eigenvalue weighted by Crippen LogP contribution is 2.31. The molecular formula is C13H20O3. The molecule has 0 aliphatic heterocycles. The summed E-state index contributed by atoms with van der Waals surface area (Å²) in [6.45, 7) is 2.13. The molecule has 16 heavy (non-hydrogen) atoms. The number of ketones is 1. The summed E-state index contributed by atoms with van der Waals surface area (Å²) >= 11 is 0. The second-order valence-electron chi connectivity index (χ2n) is 4.24. The van der Waals surface area contributed by atoms with Crippen LogP contribution in [0.1, 0.15) is 45.4 Å². The van der Waals surface area contributed by atoms with E-state index in [0.29, 0.717) is 12.8 Å². The fourth-order valence-corrected chi connectivity index (χ4v) is 2.07. The first-order valence-corrected chi connectivity index (χ1v) is 5.99. The maximum absolute atomic E-state index is 11.6. The normalized spacial score (nSPS) is 22.8. The first-order chi connectivity index (χ1) is 7.69. The van der Waals surface area contributed by atoms with Crippen molar-refractivity contribution in [2.75, 3.05) is 7.11 Å². The van der Waals surface area contributed by atoms with E-state index in [-0.39, 0.29) is 17.7 Å². The number of methoxy groups -OCH3 is 1. The summed E-state index contributed by atoms with van der Waals surface area (Å²) in [5, 5.41) is 0. The van der Waals surface area contributed by atoms with Crippen LogP contribution >= 0.6 is 0 Å². The number of hydrogen-bond donors (Lipinski definition) is 0. The molecule has 1 fully saturated rings. The first-order valence-electron chi connectivity index (χ1n) is 5.99. The minimum atomic E-state index is -0.221. The van der Waals surface area contributed by atoms with Gasteiger partial charge in [-0.05, 0) is 24.3 Å². The van der Waals surface area contributed by atoms with Crippen molar-refractivity contribution in [1.29, 1.82) is 0 Å². The topological polar surface area (TPSA) is 43.4 Å². The molecule has 1 rings (SSSR count). The molecule has 0 N–H and O–H groups in total. The van der Waals surface area contributed by atoms with Crippen molar-refractivity contribution < 1.29 is 14.3 Å². The van der Waals surface area contributed by atoms with Crippen LogP contribution in [0.5, 0.6) is 0 Å². The van der Waals surface area contributed by atoms with Gasteiger partial charge in [0.1, 0.15) is 0 Å². The molecule has 0 aromatic carbocycles. The van der Waals surface area contributed by atoms with E-state index < -0.39 is 0 Å². The number of ether oxygens (including phenoxy) is 1. The van der Waals surface area contributed by atoms with E-state index in [4.69, 9.17) is 0 Å². The molecule has 3 nitrogen and oxygen atoms in total. The van der Waals surface area contributed by atoms with Crippen LogP contribution in [0.2, 0.25) is 0 Å². The Hall–Kier alpha value is -1.12. The van der Waals surface area contributed by atoms with Gasteiger partial charge < -0.3 is 4.74 Å². The lowest BCUT2D eigenvalue weighted by atomic mass is 9.97. The molecule has 1 atom stereocenters. The number of unbranched alkanes of at least 4 members (excludes halogenated alkanes) is 2. The molecule has 0 aromatic heterocycles. The van der Waals surface area contributed by atoms with Gasteiger partial charge in [0.2, 0.25) is 0 Å². The predicted octanol–water partition coefficient (Wildman–Crippen LogP) is 2.65. The average Bonchev–Trinajstić information content (AvgIpc) is 2.61. The van der Waals surface area contributed by atoms with Crippen LogP contribution in [-0.2, 0) is 14.3 Å². The maximum Gasteiger partial charge on any atom is 0.306 e. The van der Waals surface area contributed by atoms with Crippen LogP contribution in [-0.4, -0.2) is 18.9 Å². The van der Waals surface area contributed by atoms with Gasteiger partial charge in [-0.1, -0.05) is 25.8 Å². The highest BCUT2D eigenvalue weighted by molar-refractivity contribution is 5.98. The van der Waals surface area contributed by atoms with Gasteiger partial charge in [-0.2, -0.15) is 0 Å². The Labute approximate surface area is 96.9 Å². The zero-order valence-corrected chi connectivity index (χ0v) is 10.1. The third kappa shape index (κ3) is 3.47. The van der Waals surface area contributed by atoms with E-state index >= 15 is 0 Å². The van der Waals surface area contributed by atoms with Crippen molar-refractivity contribution in [2.45, 2.75) is 45.4 Å². The van der Waals surface area contributed by atoms with Crippen molar-refractivity contribution in [3.8, 4) is 0 Å². The van der Waals surface area contributed by atoms with Crippen LogP contribution in [0.25, 0.3) is 0 Å². The smallest absolute Gasteiger partial charge is 0.306 e. The summed E-state index contributed by atoms with van der Waals surface area (Å²) in [5.41, 5.74) is 0.860. The van der Waals surface area contributed by atoms with Crippen molar-refractivity contribution in [1.82, 2.24) is 0 Å². The summed E-state index contributed by atoms with van der Waals surface area (Å²) in [4.78, 5) is 22.8. The summed E-state index contributed by atoms with van der Waals surface area (Å²) < 4.78 is 4.64. The van der Waals surface area contributed by atoms with Crippen molar-refractivity contribution in [3.63, 3.8) is 0 Å². The molecule has 90 valence electrons. The summed E-state index contributed by atoms with van der Waals surface area (Å²) in [5.74, 6) is 0.0860. The van der Waals surface area contributed by atoms with Crippen LogP contribution in [0.15, 0.2) is 11.6 Å². The number of carbonyl (C=O) groups excluding carboxylic acids is 2. The van der Waals surface area contributed by atoms with Crippen LogP contribution < -0.4 is 0 Å². The van der Waals surface area contributed by atoms with Gasteiger partial charge in [0.15, 0.2) is 5.78 Å². The van der Waals surface area contributed by atoms with Gasteiger partial charge in [0, 0.05) is 6.42 Å². The van der Waals surface area contributed by atoms with E-state index in [0.717, 1.165) is 31.3 Å². The molecule has 0 amide bonds. The van der Waals surface area contributed by atoms with Crippen molar-refractivity contribution in [2.24, 2.45) is 5.92 Å². The number of rotatable bonds is 5. The third-order valence-corrected chi connectivity index (χ3v) is 3.04. The van der Waals surface area contributed by atoms with E-state index in [1.165, 1.54) is 7.11 Å². The lowest BCUT2D eigenvalue weighted by Gasteiger charge is -2.09. The molecule has 0 bridgehead atoms. The Balaban J connectivity index is 2.58. The van der Waals surface area contributed by atoms with Gasteiger partial charge >= 0.3 is 5.97 Å². The second-order valence-corrected chi connectivity index (χ2v) is 4.24. The van der Waals surface area contributed by atoms with Gasteiger partial charge in [0.05, 0.1) is 13.5 Å². The fourth-order valence-electron chi connectivity index (χ4n) is 2.07. The summed E-state index contributed by atoms with van der Waals surface area (Å²) in [7, 11) is 1.39. The van der Waals surface area contributed by atoms with Gasteiger partial charge in [-0.25, -0.2) is 0 Å². The zero-order valence-electron chi connectivity index (χ0n) is 10.1. The lowest BCUT2D eigenvalue weighted by Crippen LogP contribution is -2.10. The minimum absolute atomic E-state index is 0.0943. The van der Waals surface area contributed by atoms with E-state index in [2.05, 4.69) is 11.7 Å². The standard InChI is InChI=1S/C13H20O3/c1-3-4-5-6-11-10(7-8-12(11)14)9-13(15)16-2/h6,10H,3-5,7-9H2,1-2H3/b11-6+/t10-/m1/s1. The minimum Gasteiger partial charge on any atom is -0.469 e. The molecule has 1 aliphatic carbocycles. The molecule has 3 heteroatoms. The Morgan fingerprint density at radius 1 is 1.56 bits per heavy atom. The molecule has 0 heterocycles. The third-order valence-electron chi connectivity index (χ3n) is 3.04. The number of hydrogen-bond acceptors (Lipinski definition) is 3. The molecule has 0 spiro atoms. The molecule has 1 saturated carbocycles. The Morgan fingerprint density at radius 3 is 2.94 bits per heavy atom. The zero-order chi connectivity index (χ0) is 12.0.